The van der Waals surface area contributed by atoms with Crippen LogP contribution < -0.4 is 5.32 Å². The van der Waals surface area contributed by atoms with Crippen molar-refractivity contribution in [1.29, 1.82) is 0 Å². The van der Waals surface area contributed by atoms with Gasteiger partial charge in [0.1, 0.15) is 5.52 Å². The van der Waals surface area contributed by atoms with E-state index >= 15 is 0 Å². The summed E-state index contributed by atoms with van der Waals surface area (Å²) in [5, 5.41) is 33.2. The van der Waals surface area contributed by atoms with Gasteiger partial charge in [0.25, 0.3) is 17.3 Å². The number of carbonyl (C=O) groups excluding carboxylic acids is 1. The third-order valence-corrected chi connectivity index (χ3v) is 3.71. The Hall–Kier alpha value is -3.89. The number of carbonyl (C=O) groups is 1. The molecule has 0 aliphatic heterocycles. The first-order chi connectivity index (χ1) is 12.8. The molecule has 0 atom stereocenters. The van der Waals surface area contributed by atoms with Crippen molar-refractivity contribution in [2.24, 2.45) is 0 Å². The summed E-state index contributed by atoms with van der Waals surface area (Å²) in [6.07, 6.45) is 0. The van der Waals surface area contributed by atoms with Crippen molar-refractivity contribution in [2.75, 3.05) is 5.32 Å². The first-order valence-corrected chi connectivity index (χ1v) is 7.88. The molecule has 0 spiro atoms. The van der Waals surface area contributed by atoms with Crippen molar-refractivity contribution in [1.82, 2.24) is 15.0 Å². The van der Waals surface area contributed by atoms with E-state index in [-0.39, 0.29) is 17.3 Å². The van der Waals surface area contributed by atoms with Crippen LogP contribution in [0.15, 0.2) is 36.4 Å². The molecule has 3 aromatic rings. The highest BCUT2D eigenvalue weighted by Crippen LogP contribution is 2.36. The fourth-order valence-corrected chi connectivity index (χ4v) is 2.60. The maximum atomic E-state index is 12.8. The average Bonchev–Trinajstić information content (AvgIpc) is 3.04. The quantitative estimate of drug-likeness (QED) is 0.533. The van der Waals surface area contributed by atoms with Crippen molar-refractivity contribution in [3.8, 4) is 0 Å². The standard InChI is InChI=1S/C16H14N6O5/c1-9(2)17-15-13(21(24)25)7-10(8-14(15)22(26)27)16(23)20-12-6-4-3-5-11(12)18-19-20/h3-9,17H,1-2H3. The summed E-state index contributed by atoms with van der Waals surface area (Å²) in [5.41, 5.74) is -0.778. The van der Waals surface area contributed by atoms with Crippen LogP contribution in [0.4, 0.5) is 17.1 Å². The van der Waals surface area contributed by atoms with E-state index in [9.17, 15) is 25.0 Å². The number of nitro groups is 2. The molecule has 11 heteroatoms. The highest BCUT2D eigenvalue weighted by atomic mass is 16.6. The number of anilines is 1. The van der Waals surface area contributed by atoms with Crippen molar-refractivity contribution in [2.45, 2.75) is 19.9 Å². The molecule has 0 saturated carbocycles. The third kappa shape index (κ3) is 3.29. The number of fused-ring (bicyclic) bond motifs is 1. The van der Waals surface area contributed by atoms with Gasteiger partial charge in [-0.3, -0.25) is 25.0 Å². The molecule has 0 saturated heterocycles. The zero-order valence-electron chi connectivity index (χ0n) is 14.3. The number of hydrogen-bond donors (Lipinski definition) is 1. The van der Waals surface area contributed by atoms with Gasteiger partial charge < -0.3 is 5.32 Å². The number of aromatic nitrogens is 3. The molecule has 0 radical (unpaired) electrons. The monoisotopic (exact) mass is 370 g/mol. The van der Waals surface area contributed by atoms with E-state index in [1.807, 2.05) is 0 Å². The summed E-state index contributed by atoms with van der Waals surface area (Å²) in [6.45, 7) is 3.38. The first-order valence-electron chi connectivity index (χ1n) is 7.88. The number of rotatable bonds is 5. The second-order valence-electron chi connectivity index (χ2n) is 6.00. The highest BCUT2D eigenvalue weighted by Gasteiger charge is 2.30. The molecule has 1 aromatic heterocycles. The summed E-state index contributed by atoms with van der Waals surface area (Å²) in [7, 11) is 0. The van der Waals surface area contributed by atoms with Gasteiger partial charge in [0, 0.05) is 18.2 Å². The molecule has 3 rings (SSSR count). The normalized spacial score (nSPS) is 10.9. The summed E-state index contributed by atoms with van der Waals surface area (Å²) < 4.78 is 0.952. The second kappa shape index (κ2) is 6.78. The van der Waals surface area contributed by atoms with Crippen LogP contribution in [-0.4, -0.2) is 36.8 Å². The van der Waals surface area contributed by atoms with Gasteiger partial charge in [0.05, 0.1) is 20.9 Å². The maximum absolute atomic E-state index is 12.8. The van der Waals surface area contributed by atoms with E-state index in [1.54, 1.807) is 38.1 Å². The van der Waals surface area contributed by atoms with Gasteiger partial charge in [0.2, 0.25) is 0 Å². The molecule has 0 fully saturated rings. The van der Waals surface area contributed by atoms with E-state index < -0.39 is 27.1 Å². The molecular formula is C16H14N6O5. The maximum Gasteiger partial charge on any atom is 0.300 e. The topological polar surface area (TPSA) is 146 Å². The largest absolute Gasteiger partial charge is 0.372 e. The lowest BCUT2D eigenvalue weighted by molar-refractivity contribution is -0.392. The number of hydrogen-bond acceptors (Lipinski definition) is 8. The van der Waals surface area contributed by atoms with Crippen molar-refractivity contribution < 1.29 is 14.6 Å². The van der Waals surface area contributed by atoms with Crippen LogP contribution in [0, 0.1) is 20.2 Å². The van der Waals surface area contributed by atoms with E-state index in [4.69, 9.17) is 0 Å². The van der Waals surface area contributed by atoms with Gasteiger partial charge in [0.15, 0.2) is 5.69 Å². The highest BCUT2D eigenvalue weighted by molar-refractivity contribution is 6.02. The number of nitro benzene ring substituents is 2. The van der Waals surface area contributed by atoms with E-state index in [2.05, 4.69) is 15.6 Å². The molecule has 0 aliphatic rings. The van der Waals surface area contributed by atoms with Crippen LogP contribution in [0.2, 0.25) is 0 Å². The molecule has 2 aromatic carbocycles. The van der Waals surface area contributed by atoms with Gasteiger partial charge in [-0.05, 0) is 26.0 Å². The van der Waals surface area contributed by atoms with Crippen molar-refractivity contribution in [3.63, 3.8) is 0 Å². The Morgan fingerprint density at radius 2 is 1.70 bits per heavy atom. The molecule has 0 aliphatic carbocycles. The van der Waals surface area contributed by atoms with Gasteiger partial charge in [-0.2, -0.15) is 4.68 Å². The fraction of sp³-hybridized carbons (Fsp3) is 0.188. The van der Waals surface area contributed by atoms with Crippen LogP contribution >= 0.6 is 0 Å². The molecule has 0 unspecified atom stereocenters. The molecule has 138 valence electrons. The summed E-state index contributed by atoms with van der Waals surface area (Å²) in [5.74, 6) is -0.758. The van der Waals surface area contributed by atoms with E-state index in [0.29, 0.717) is 11.0 Å². The van der Waals surface area contributed by atoms with Crippen LogP contribution in [0.3, 0.4) is 0 Å². The first kappa shape index (κ1) is 17.9. The van der Waals surface area contributed by atoms with Crippen LogP contribution in [0.5, 0.6) is 0 Å². The number of para-hydroxylation sites is 1. The smallest absolute Gasteiger partial charge is 0.300 e. The van der Waals surface area contributed by atoms with Gasteiger partial charge in [-0.1, -0.05) is 17.3 Å². The Morgan fingerprint density at radius 1 is 1.11 bits per heavy atom. The number of nitrogens with zero attached hydrogens (tertiary/aromatic N) is 5. The summed E-state index contributed by atoms with van der Waals surface area (Å²) >= 11 is 0. The SMILES string of the molecule is CC(C)Nc1c([N+](=O)[O-])cc(C(=O)n2nnc3ccccc32)cc1[N+](=O)[O-]. The summed E-state index contributed by atoms with van der Waals surface area (Å²) in [6, 6.07) is 8.34. The Morgan fingerprint density at radius 3 is 2.26 bits per heavy atom. The summed E-state index contributed by atoms with van der Waals surface area (Å²) in [4.78, 5) is 34.2. The van der Waals surface area contributed by atoms with Crippen molar-refractivity contribution >= 4 is 34.0 Å². The minimum absolute atomic E-state index is 0.238. The molecule has 1 heterocycles. The number of benzene rings is 2. The zero-order chi connectivity index (χ0) is 19.7. The van der Waals surface area contributed by atoms with Gasteiger partial charge in [-0.25, -0.2) is 0 Å². The van der Waals surface area contributed by atoms with Gasteiger partial charge >= 0.3 is 0 Å². The minimum atomic E-state index is -0.770. The predicted molar refractivity (Wildman–Crippen MR) is 95.8 cm³/mol. The lowest BCUT2D eigenvalue weighted by Gasteiger charge is -2.12. The van der Waals surface area contributed by atoms with E-state index in [1.165, 1.54) is 0 Å². The molecule has 0 bridgehead atoms. The molecule has 0 amide bonds. The lowest BCUT2D eigenvalue weighted by atomic mass is 10.1. The average molecular weight is 370 g/mol. The van der Waals surface area contributed by atoms with Crippen molar-refractivity contribution in [3.05, 3.63) is 62.2 Å². The number of nitrogens with one attached hydrogen (secondary N) is 1. The Balaban J connectivity index is 2.19. The second-order valence-corrected chi connectivity index (χ2v) is 6.00. The molecule has 1 N–H and O–H groups in total. The van der Waals surface area contributed by atoms with Gasteiger partial charge in [-0.15, -0.1) is 5.10 Å². The molecular weight excluding hydrogens is 356 g/mol. The van der Waals surface area contributed by atoms with Crippen LogP contribution in [0.25, 0.3) is 11.0 Å². The molecule has 27 heavy (non-hydrogen) atoms. The Labute approximate surface area is 151 Å². The zero-order valence-corrected chi connectivity index (χ0v) is 14.3. The van der Waals surface area contributed by atoms with Crippen LogP contribution in [-0.2, 0) is 0 Å². The Bertz CT molecular complexity index is 1040. The minimum Gasteiger partial charge on any atom is -0.372 e. The van der Waals surface area contributed by atoms with E-state index in [0.717, 1.165) is 16.8 Å². The Kier molecular flexibility index (Phi) is 4.50. The molecule has 11 nitrogen and oxygen atoms in total. The lowest BCUT2D eigenvalue weighted by Crippen LogP contribution is -2.17. The predicted octanol–water partition coefficient (Wildman–Crippen LogP) is 2.76. The van der Waals surface area contributed by atoms with Crippen LogP contribution in [0.1, 0.15) is 24.2 Å². The third-order valence-electron chi connectivity index (χ3n) is 3.71. The fourth-order valence-electron chi connectivity index (χ4n) is 2.60.